The number of terminal acetylenes is 1. The molecule has 0 unspecified atom stereocenters. The number of nitrogens with zero attached hydrogens (tertiary/aromatic N) is 2. The number of halogens is 1. The van der Waals surface area contributed by atoms with Gasteiger partial charge in [0.25, 0.3) is 0 Å². The van der Waals surface area contributed by atoms with Crippen LogP contribution >= 0.6 is 15.9 Å². The predicted molar refractivity (Wildman–Crippen MR) is 51.9 cm³/mol. The molecule has 1 aromatic heterocycles. The van der Waals surface area contributed by atoms with E-state index in [4.69, 9.17) is 6.42 Å². The van der Waals surface area contributed by atoms with Crippen LogP contribution in [0.1, 0.15) is 0 Å². The maximum absolute atomic E-state index is 11.1. The van der Waals surface area contributed by atoms with Gasteiger partial charge in [0.2, 0.25) is 0 Å². The summed E-state index contributed by atoms with van der Waals surface area (Å²) < 4.78 is 24.1. The first-order valence-electron chi connectivity index (χ1n) is 3.31. The zero-order chi connectivity index (χ0) is 10.1. The van der Waals surface area contributed by atoms with E-state index in [0.29, 0.717) is 4.60 Å². The van der Waals surface area contributed by atoms with Crippen LogP contribution in [0.2, 0.25) is 0 Å². The zero-order valence-corrected chi connectivity index (χ0v) is 9.26. The van der Waals surface area contributed by atoms with E-state index in [9.17, 15) is 8.42 Å². The first-order valence-corrected chi connectivity index (χ1v) is 6.00. The predicted octanol–water partition coefficient (Wildman–Crippen LogP) is 0.682. The topological polar surface area (TPSA) is 52.0 Å². The summed E-state index contributed by atoms with van der Waals surface area (Å²) in [5.41, 5.74) is 0. The minimum atomic E-state index is -3.23. The fourth-order valence-corrected chi connectivity index (χ4v) is 2.65. The fourth-order valence-electron chi connectivity index (χ4n) is 0.799. The molecule has 1 rings (SSSR count). The maximum atomic E-state index is 11.1. The average Bonchev–Trinajstić information content (AvgIpc) is 2.32. The lowest BCUT2D eigenvalue weighted by atomic mass is 10.6. The van der Waals surface area contributed by atoms with E-state index in [2.05, 4.69) is 26.9 Å². The smallest absolute Gasteiger partial charge is 0.179 e. The molecule has 70 valence electrons. The molecule has 0 fully saturated rings. The van der Waals surface area contributed by atoms with Crippen molar-refractivity contribution in [1.29, 1.82) is 0 Å². The Morgan fingerprint density at radius 2 is 2.38 bits per heavy atom. The van der Waals surface area contributed by atoms with Crippen molar-refractivity contribution >= 4 is 25.8 Å². The van der Waals surface area contributed by atoms with Crippen molar-refractivity contribution in [3.8, 4) is 12.3 Å². The lowest BCUT2D eigenvalue weighted by Crippen LogP contribution is -2.00. The number of hydrogen-bond acceptors (Lipinski definition) is 3. The second-order valence-electron chi connectivity index (χ2n) is 2.43. The minimum Gasteiger partial charge on any atom is -0.245 e. The van der Waals surface area contributed by atoms with E-state index in [-0.39, 0.29) is 11.4 Å². The summed E-state index contributed by atoms with van der Waals surface area (Å²) in [7, 11) is -3.23. The molecule has 0 N–H and O–H groups in total. The van der Waals surface area contributed by atoms with Gasteiger partial charge in [-0.25, -0.2) is 13.1 Å². The Bertz CT molecular complexity index is 455. The van der Waals surface area contributed by atoms with Gasteiger partial charge in [-0.05, 0) is 15.9 Å². The fraction of sp³-hybridized carbons (Fsp3) is 0.286. The third-order valence-electron chi connectivity index (χ3n) is 1.38. The van der Waals surface area contributed by atoms with Gasteiger partial charge in [0, 0.05) is 6.26 Å². The summed E-state index contributed by atoms with van der Waals surface area (Å²) >= 11 is 3.11. The Hall–Kier alpha value is -0.800. The first-order chi connectivity index (χ1) is 5.96. The number of sulfone groups is 1. The Balaban J connectivity index is 3.24. The zero-order valence-electron chi connectivity index (χ0n) is 6.86. The monoisotopic (exact) mass is 262 g/mol. The van der Waals surface area contributed by atoms with E-state index >= 15 is 0 Å². The van der Waals surface area contributed by atoms with E-state index in [1.165, 1.54) is 10.9 Å². The second-order valence-corrected chi connectivity index (χ2v) is 5.17. The molecule has 0 saturated carbocycles. The molecule has 0 aromatic carbocycles. The second kappa shape index (κ2) is 3.52. The van der Waals surface area contributed by atoms with Crippen LogP contribution in [0.25, 0.3) is 0 Å². The van der Waals surface area contributed by atoms with Crippen LogP contribution in [-0.2, 0) is 16.4 Å². The van der Waals surface area contributed by atoms with Gasteiger partial charge >= 0.3 is 0 Å². The molecule has 6 heteroatoms. The third-order valence-corrected chi connectivity index (χ3v) is 3.58. The van der Waals surface area contributed by atoms with Gasteiger partial charge in [0.15, 0.2) is 9.84 Å². The highest BCUT2D eigenvalue weighted by Gasteiger charge is 2.16. The number of rotatable bonds is 2. The van der Waals surface area contributed by atoms with Crippen LogP contribution in [0.3, 0.4) is 0 Å². The van der Waals surface area contributed by atoms with Gasteiger partial charge < -0.3 is 0 Å². The highest BCUT2D eigenvalue weighted by atomic mass is 79.9. The van der Waals surface area contributed by atoms with Crippen LogP contribution in [0.5, 0.6) is 0 Å². The van der Waals surface area contributed by atoms with Gasteiger partial charge in [-0.3, -0.25) is 0 Å². The summed E-state index contributed by atoms with van der Waals surface area (Å²) in [6.45, 7) is 0.246. The average molecular weight is 263 g/mol. The van der Waals surface area contributed by atoms with Crippen molar-refractivity contribution in [2.45, 2.75) is 11.4 Å². The van der Waals surface area contributed by atoms with Gasteiger partial charge in [-0.15, -0.1) is 6.42 Å². The highest BCUT2D eigenvalue weighted by Crippen LogP contribution is 2.20. The Morgan fingerprint density at radius 1 is 1.77 bits per heavy atom. The molecular weight excluding hydrogens is 256 g/mol. The molecule has 0 atom stereocenters. The summed E-state index contributed by atoms with van der Waals surface area (Å²) in [5, 5.41) is 3.82. The summed E-state index contributed by atoms with van der Waals surface area (Å²) in [6.07, 6.45) is 7.46. The quantitative estimate of drug-likeness (QED) is 0.737. The molecule has 13 heavy (non-hydrogen) atoms. The molecular formula is C7H7BrN2O2S. The van der Waals surface area contributed by atoms with E-state index in [1.807, 2.05) is 0 Å². The summed E-state index contributed by atoms with van der Waals surface area (Å²) in [5.74, 6) is 2.37. The van der Waals surface area contributed by atoms with E-state index in [0.717, 1.165) is 6.26 Å². The molecule has 0 aliphatic rings. The third kappa shape index (κ3) is 2.11. The van der Waals surface area contributed by atoms with Crippen molar-refractivity contribution in [3.63, 3.8) is 0 Å². The molecule has 0 radical (unpaired) electrons. The maximum Gasteiger partial charge on any atom is 0.179 e. The Kier molecular flexibility index (Phi) is 2.78. The summed E-state index contributed by atoms with van der Waals surface area (Å²) in [6, 6.07) is 0. The molecule has 0 spiro atoms. The van der Waals surface area contributed by atoms with Gasteiger partial charge in [0.1, 0.15) is 16.0 Å². The summed E-state index contributed by atoms with van der Waals surface area (Å²) in [4.78, 5) is 0.155. The SMILES string of the molecule is C#CCn1ncc(S(C)(=O)=O)c1Br. The molecule has 0 amide bonds. The Labute approximate surface area is 85.0 Å². The normalized spacial score (nSPS) is 11.2. The van der Waals surface area contributed by atoms with E-state index in [1.54, 1.807) is 0 Å². The first kappa shape index (κ1) is 10.3. The minimum absolute atomic E-state index is 0.155. The molecule has 0 bridgehead atoms. The molecule has 0 aliphatic carbocycles. The van der Waals surface area contributed by atoms with Crippen molar-refractivity contribution in [1.82, 2.24) is 9.78 Å². The molecule has 1 aromatic rings. The number of hydrogen-bond donors (Lipinski definition) is 0. The van der Waals surface area contributed by atoms with Gasteiger partial charge in [0.05, 0.1) is 6.20 Å². The molecule has 4 nitrogen and oxygen atoms in total. The van der Waals surface area contributed by atoms with Crippen molar-refractivity contribution in [2.24, 2.45) is 0 Å². The van der Waals surface area contributed by atoms with Crippen LogP contribution in [-0.4, -0.2) is 24.5 Å². The molecule has 0 saturated heterocycles. The van der Waals surface area contributed by atoms with Crippen LogP contribution in [0.4, 0.5) is 0 Å². The van der Waals surface area contributed by atoms with Crippen LogP contribution in [0, 0.1) is 12.3 Å². The van der Waals surface area contributed by atoms with Crippen LogP contribution in [0.15, 0.2) is 15.7 Å². The highest BCUT2D eigenvalue weighted by molar-refractivity contribution is 9.10. The largest absolute Gasteiger partial charge is 0.245 e. The molecule has 1 heterocycles. The lowest BCUT2D eigenvalue weighted by Gasteiger charge is -1.97. The van der Waals surface area contributed by atoms with Gasteiger partial charge in [-0.1, -0.05) is 5.92 Å². The van der Waals surface area contributed by atoms with Crippen molar-refractivity contribution in [2.75, 3.05) is 6.26 Å². The van der Waals surface area contributed by atoms with Crippen LogP contribution < -0.4 is 0 Å². The standard InChI is InChI=1S/C7H7BrN2O2S/c1-3-4-10-7(8)6(5-9-10)13(2,11)12/h1,5H,4H2,2H3. The number of aromatic nitrogens is 2. The van der Waals surface area contributed by atoms with E-state index < -0.39 is 9.84 Å². The van der Waals surface area contributed by atoms with Crippen molar-refractivity contribution < 1.29 is 8.42 Å². The molecule has 0 aliphatic heterocycles. The Morgan fingerprint density at radius 3 is 2.77 bits per heavy atom. The van der Waals surface area contributed by atoms with Gasteiger partial charge in [-0.2, -0.15) is 5.10 Å². The lowest BCUT2D eigenvalue weighted by molar-refractivity contribution is 0.600. The van der Waals surface area contributed by atoms with Crippen molar-refractivity contribution in [3.05, 3.63) is 10.8 Å².